The molecule has 0 aliphatic heterocycles. The fourth-order valence-corrected chi connectivity index (χ4v) is 4.52. The second kappa shape index (κ2) is 6.84. The number of fused-ring (bicyclic) bond motifs is 1. The third-order valence-electron chi connectivity index (χ3n) is 4.24. The van der Waals surface area contributed by atoms with Crippen LogP contribution < -0.4 is 5.56 Å². The average molecular weight is 416 g/mol. The maximum Gasteiger partial charge on any atom is 0.274 e. The smallest absolute Gasteiger partial charge is 0.267 e. The highest BCUT2D eigenvalue weighted by atomic mass is 35.5. The van der Waals surface area contributed by atoms with Crippen molar-refractivity contribution in [2.45, 2.75) is 23.3 Å². The molecule has 142 valence electrons. The predicted octanol–water partition coefficient (Wildman–Crippen LogP) is 2.36. The van der Waals surface area contributed by atoms with Gasteiger partial charge >= 0.3 is 0 Å². The van der Waals surface area contributed by atoms with E-state index in [1.807, 2.05) is 25.1 Å². The zero-order valence-corrected chi connectivity index (χ0v) is 16.2. The number of nitrogens with zero attached hydrogens (tertiary/aromatic N) is 4. The van der Waals surface area contributed by atoms with Crippen molar-refractivity contribution in [3.8, 4) is 0 Å². The Balaban J connectivity index is 1.76. The number of hydrogen-bond donors (Lipinski definition) is 1. The minimum Gasteiger partial charge on any atom is -0.267 e. The van der Waals surface area contributed by atoms with Crippen LogP contribution >= 0.6 is 11.6 Å². The molecule has 0 radical (unpaired) electrons. The van der Waals surface area contributed by atoms with Gasteiger partial charge in [0.15, 0.2) is 0 Å². The summed E-state index contributed by atoms with van der Waals surface area (Å²) in [5.74, 6) is 0. The second-order valence-corrected chi connectivity index (χ2v) is 8.47. The van der Waals surface area contributed by atoms with E-state index in [1.54, 1.807) is 0 Å². The summed E-state index contributed by atoms with van der Waals surface area (Å²) in [6.45, 7) is 2.09. The van der Waals surface area contributed by atoms with Gasteiger partial charge in [-0.25, -0.2) is 13.1 Å². The van der Waals surface area contributed by atoms with E-state index >= 15 is 0 Å². The van der Waals surface area contributed by atoms with E-state index in [2.05, 4.69) is 20.3 Å². The molecule has 0 amide bonds. The van der Waals surface area contributed by atoms with Gasteiger partial charge in [-0.2, -0.15) is 10.2 Å². The van der Waals surface area contributed by atoms with Crippen LogP contribution in [0.4, 0.5) is 0 Å². The van der Waals surface area contributed by atoms with Crippen molar-refractivity contribution in [1.29, 1.82) is 0 Å². The number of aromatic nitrogens is 5. The van der Waals surface area contributed by atoms with Crippen molar-refractivity contribution in [2.24, 2.45) is 0 Å². The van der Waals surface area contributed by atoms with Gasteiger partial charge < -0.3 is 0 Å². The summed E-state index contributed by atoms with van der Waals surface area (Å²) in [5, 5.41) is 10.9. The minimum atomic E-state index is -3.87. The van der Waals surface area contributed by atoms with Crippen LogP contribution in [0.5, 0.6) is 0 Å². The van der Waals surface area contributed by atoms with Crippen LogP contribution in [0.1, 0.15) is 11.4 Å². The molecule has 0 saturated heterocycles. The number of aromatic amines is 1. The molecule has 1 N–H and O–H groups in total. The summed E-state index contributed by atoms with van der Waals surface area (Å²) >= 11 is 5.86. The van der Waals surface area contributed by atoms with E-state index < -0.39 is 9.84 Å². The third kappa shape index (κ3) is 3.19. The van der Waals surface area contributed by atoms with E-state index in [1.165, 1.54) is 29.1 Å². The van der Waals surface area contributed by atoms with Crippen LogP contribution in [0.2, 0.25) is 5.15 Å². The first-order valence-corrected chi connectivity index (χ1v) is 10.1. The lowest BCUT2D eigenvalue weighted by atomic mass is 10.2. The summed E-state index contributed by atoms with van der Waals surface area (Å²) in [6, 6.07) is 9.79. The van der Waals surface area contributed by atoms with Crippen LogP contribution in [-0.2, 0) is 16.4 Å². The monoisotopic (exact) mass is 415 g/mol. The van der Waals surface area contributed by atoms with Gasteiger partial charge in [0.25, 0.3) is 5.56 Å². The summed E-state index contributed by atoms with van der Waals surface area (Å²) in [7, 11) is -3.87. The number of pyridine rings is 1. The molecule has 0 atom stereocenters. The van der Waals surface area contributed by atoms with Crippen LogP contribution in [0.25, 0.3) is 10.8 Å². The topological polar surface area (TPSA) is 111 Å². The van der Waals surface area contributed by atoms with Gasteiger partial charge in [0.2, 0.25) is 9.84 Å². The van der Waals surface area contributed by atoms with Gasteiger partial charge in [-0.15, -0.1) is 0 Å². The molecule has 4 aromatic rings. The van der Waals surface area contributed by atoms with E-state index in [0.717, 1.165) is 11.9 Å². The minimum absolute atomic E-state index is 0.00241. The van der Waals surface area contributed by atoms with Crippen molar-refractivity contribution in [2.75, 3.05) is 0 Å². The fourth-order valence-electron chi connectivity index (χ4n) is 2.86. The lowest BCUT2D eigenvalue weighted by Gasteiger charge is -2.08. The second-order valence-electron chi connectivity index (χ2n) is 6.18. The molecule has 0 spiro atoms. The predicted molar refractivity (Wildman–Crippen MR) is 103 cm³/mol. The van der Waals surface area contributed by atoms with Crippen LogP contribution in [0.15, 0.2) is 63.4 Å². The first-order valence-electron chi connectivity index (χ1n) is 8.22. The van der Waals surface area contributed by atoms with Gasteiger partial charge in [0.05, 0.1) is 34.9 Å². The number of benzene rings is 1. The Morgan fingerprint density at radius 1 is 1.18 bits per heavy atom. The highest BCUT2D eigenvalue weighted by Crippen LogP contribution is 2.27. The number of nitrogens with one attached hydrogen (secondary N) is 1. The molecule has 0 aliphatic carbocycles. The molecule has 8 nitrogen and oxygen atoms in total. The number of hydrogen-bond acceptors (Lipinski definition) is 6. The van der Waals surface area contributed by atoms with Gasteiger partial charge in [0, 0.05) is 11.1 Å². The van der Waals surface area contributed by atoms with Gasteiger partial charge in [-0.1, -0.05) is 17.7 Å². The zero-order chi connectivity index (χ0) is 19.9. The SMILES string of the molecule is Cc1cccc(Cn2ncc3cc(S(=O)(=O)c4cn[nH]c4Cl)ccc3c2=O)n1. The number of halogens is 1. The Kier molecular flexibility index (Phi) is 4.48. The van der Waals surface area contributed by atoms with Gasteiger partial charge in [0.1, 0.15) is 10.0 Å². The normalized spacial score (nSPS) is 11.8. The van der Waals surface area contributed by atoms with E-state index in [9.17, 15) is 13.2 Å². The standard InChI is InChI=1S/C18H14ClN5O3S/c1-11-3-2-4-13(22-11)10-24-18(25)15-6-5-14(7-12(15)8-21-24)28(26,27)16-9-20-23-17(16)19/h2-9H,10H2,1H3,(H,20,23). The maximum absolute atomic E-state index is 12.7. The Bertz CT molecular complexity index is 1360. The lowest BCUT2D eigenvalue weighted by molar-refractivity contribution is 0.596. The Morgan fingerprint density at radius 3 is 2.71 bits per heavy atom. The van der Waals surface area contributed by atoms with Crippen molar-refractivity contribution in [1.82, 2.24) is 25.0 Å². The summed E-state index contributed by atoms with van der Waals surface area (Å²) in [4.78, 5) is 17.0. The molecule has 10 heteroatoms. The first kappa shape index (κ1) is 18.3. The molecule has 3 heterocycles. The first-order chi connectivity index (χ1) is 13.4. The molecule has 0 bridgehead atoms. The molecule has 4 rings (SSSR count). The molecule has 0 saturated carbocycles. The highest BCUT2D eigenvalue weighted by molar-refractivity contribution is 7.91. The molecule has 0 unspecified atom stereocenters. The fraction of sp³-hybridized carbons (Fsp3) is 0.111. The zero-order valence-electron chi connectivity index (χ0n) is 14.6. The van der Waals surface area contributed by atoms with Crippen LogP contribution in [-0.4, -0.2) is 33.4 Å². The maximum atomic E-state index is 12.7. The van der Waals surface area contributed by atoms with E-state index in [0.29, 0.717) is 16.5 Å². The molecule has 0 aliphatic rings. The lowest BCUT2D eigenvalue weighted by Crippen LogP contribution is -2.23. The molecule has 3 aromatic heterocycles. The summed E-state index contributed by atoms with van der Waals surface area (Å²) < 4.78 is 26.8. The van der Waals surface area contributed by atoms with E-state index in [4.69, 9.17) is 11.6 Å². The van der Waals surface area contributed by atoms with Crippen LogP contribution in [0.3, 0.4) is 0 Å². The summed E-state index contributed by atoms with van der Waals surface area (Å²) in [6.07, 6.45) is 2.61. The van der Waals surface area contributed by atoms with E-state index in [-0.39, 0.29) is 27.0 Å². The Labute approximate surface area is 164 Å². The molecule has 0 fully saturated rings. The largest absolute Gasteiger partial charge is 0.274 e. The number of sulfone groups is 1. The van der Waals surface area contributed by atoms with Crippen LogP contribution in [0, 0.1) is 6.92 Å². The molecular weight excluding hydrogens is 402 g/mol. The highest BCUT2D eigenvalue weighted by Gasteiger charge is 2.23. The molecule has 1 aromatic carbocycles. The number of rotatable bonds is 4. The summed E-state index contributed by atoms with van der Waals surface area (Å²) in [5.41, 5.74) is 1.23. The van der Waals surface area contributed by atoms with Gasteiger partial charge in [-0.3, -0.25) is 14.9 Å². The third-order valence-corrected chi connectivity index (χ3v) is 6.41. The average Bonchev–Trinajstić information content (AvgIpc) is 3.11. The molecular formula is C18H14ClN5O3S. The quantitative estimate of drug-likeness (QED) is 0.547. The Morgan fingerprint density at radius 2 is 2.00 bits per heavy atom. The van der Waals surface area contributed by atoms with Crippen molar-refractivity contribution < 1.29 is 8.42 Å². The van der Waals surface area contributed by atoms with Crippen molar-refractivity contribution >= 4 is 32.2 Å². The van der Waals surface area contributed by atoms with Crippen molar-refractivity contribution in [3.05, 3.63) is 75.7 Å². The number of H-pyrrole nitrogens is 1. The molecule has 28 heavy (non-hydrogen) atoms. The number of aryl methyl sites for hydroxylation is 1. The van der Waals surface area contributed by atoms with Gasteiger partial charge in [-0.05, 0) is 37.3 Å². The van der Waals surface area contributed by atoms with Crippen molar-refractivity contribution in [3.63, 3.8) is 0 Å². The Hall–Kier alpha value is -3.04.